The van der Waals surface area contributed by atoms with Gasteiger partial charge in [0, 0.05) is 44.8 Å². The van der Waals surface area contributed by atoms with Crippen molar-refractivity contribution < 1.29 is 4.79 Å². The molecule has 0 spiro atoms. The van der Waals surface area contributed by atoms with Crippen LogP contribution in [0.3, 0.4) is 0 Å². The second-order valence-electron chi connectivity index (χ2n) is 6.55. The van der Waals surface area contributed by atoms with Gasteiger partial charge in [0.2, 0.25) is 5.91 Å². The number of carbonyl (C=O) groups is 1. The molecule has 114 valence electrons. The molecule has 3 heterocycles. The van der Waals surface area contributed by atoms with Crippen LogP contribution in [0.25, 0.3) is 0 Å². The van der Waals surface area contributed by atoms with Crippen molar-refractivity contribution in [3.63, 3.8) is 0 Å². The van der Waals surface area contributed by atoms with Crippen LogP contribution in [0.2, 0.25) is 0 Å². The molecule has 1 N–H and O–H groups in total. The average molecular weight is 280 g/mol. The summed E-state index contributed by atoms with van der Waals surface area (Å²) in [7, 11) is 0. The Kier molecular flexibility index (Phi) is 4.58. The van der Waals surface area contributed by atoms with Crippen LogP contribution in [0.4, 0.5) is 0 Å². The van der Waals surface area contributed by atoms with Crippen molar-refractivity contribution in [2.45, 2.75) is 38.3 Å². The van der Waals surface area contributed by atoms with E-state index < -0.39 is 0 Å². The van der Waals surface area contributed by atoms with Crippen molar-refractivity contribution in [3.8, 4) is 0 Å². The van der Waals surface area contributed by atoms with E-state index in [9.17, 15) is 4.79 Å². The quantitative estimate of drug-likeness (QED) is 0.771. The second kappa shape index (κ2) is 6.41. The Morgan fingerprint density at radius 3 is 2.95 bits per heavy atom. The van der Waals surface area contributed by atoms with Crippen molar-refractivity contribution in [1.82, 2.24) is 20.0 Å². The molecule has 5 heteroatoms. The Morgan fingerprint density at radius 2 is 2.05 bits per heavy atom. The second-order valence-corrected chi connectivity index (χ2v) is 6.55. The van der Waals surface area contributed by atoms with Crippen molar-refractivity contribution in [2.75, 3.05) is 52.4 Å². The van der Waals surface area contributed by atoms with Gasteiger partial charge in [-0.1, -0.05) is 0 Å². The first-order valence-corrected chi connectivity index (χ1v) is 8.20. The SMILES string of the molecule is CC1CN2CCCC2CN1CC(=O)N1CCCNCC1. The van der Waals surface area contributed by atoms with Crippen molar-refractivity contribution >= 4 is 5.91 Å². The molecule has 2 atom stereocenters. The summed E-state index contributed by atoms with van der Waals surface area (Å²) in [6, 6.07) is 1.21. The number of nitrogens with zero attached hydrogens (tertiary/aromatic N) is 3. The Labute approximate surface area is 122 Å². The summed E-state index contributed by atoms with van der Waals surface area (Å²) in [5.41, 5.74) is 0. The van der Waals surface area contributed by atoms with Gasteiger partial charge in [-0.3, -0.25) is 14.6 Å². The number of fused-ring (bicyclic) bond motifs is 1. The smallest absolute Gasteiger partial charge is 0.236 e. The number of amides is 1. The Balaban J connectivity index is 1.54. The fourth-order valence-electron chi connectivity index (χ4n) is 3.84. The number of nitrogens with one attached hydrogen (secondary N) is 1. The number of hydrogen-bond acceptors (Lipinski definition) is 4. The summed E-state index contributed by atoms with van der Waals surface area (Å²) in [6.07, 6.45) is 3.72. The normalized spacial score (nSPS) is 33.0. The summed E-state index contributed by atoms with van der Waals surface area (Å²) in [4.78, 5) is 19.6. The zero-order chi connectivity index (χ0) is 13.9. The highest BCUT2D eigenvalue weighted by molar-refractivity contribution is 5.78. The standard InChI is InChI=1S/C15H28N4O/c1-13-10-18-7-2-4-14(18)11-19(13)12-15(20)17-8-3-5-16-6-9-17/h13-14,16H,2-12H2,1H3. The van der Waals surface area contributed by atoms with Crippen LogP contribution in [0.1, 0.15) is 26.2 Å². The lowest BCUT2D eigenvalue weighted by Gasteiger charge is -2.42. The molecule has 0 radical (unpaired) electrons. The summed E-state index contributed by atoms with van der Waals surface area (Å²) in [6.45, 7) is 10.1. The molecule has 3 rings (SSSR count). The van der Waals surface area contributed by atoms with Gasteiger partial charge in [-0.2, -0.15) is 0 Å². The molecule has 0 bridgehead atoms. The third-order valence-corrected chi connectivity index (χ3v) is 5.10. The molecule has 3 aliphatic heterocycles. The Morgan fingerprint density at radius 1 is 1.15 bits per heavy atom. The minimum Gasteiger partial charge on any atom is -0.340 e. The van der Waals surface area contributed by atoms with Crippen LogP contribution < -0.4 is 5.32 Å². The lowest BCUT2D eigenvalue weighted by molar-refractivity contribution is -0.133. The molecule has 2 unspecified atom stereocenters. The first kappa shape index (κ1) is 14.3. The van der Waals surface area contributed by atoms with Crippen molar-refractivity contribution in [1.29, 1.82) is 0 Å². The Bertz CT molecular complexity index is 341. The molecule has 1 amide bonds. The largest absolute Gasteiger partial charge is 0.340 e. The predicted molar refractivity (Wildman–Crippen MR) is 79.7 cm³/mol. The maximum Gasteiger partial charge on any atom is 0.236 e. The molecule has 0 aliphatic carbocycles. The zero-order valence-corrected chi connectivity index (χ0v) is 12.7. The van der Waals surface area contributed by atoms with E-state index >= 15 is 0 Å². The highest BCUT2D eigenvalue weighted by Gasteiger charge is 2.35. The number of piperazine rings is 1. The van der Waals surface area contributed by atoms with Crippen LogP contribution in [0.15, 0.2) is 0 Å². The molecule has 3 saturated heterocycles. The van der Waals surface area contributed by atoms with E-state index in [0.717, 1.165) is 45.7 Å². The zero-order valence-electron chi connectivity index (χ0n) is 12.7. The van der Waals surface area contributed by atoms with Crippen LogP contribution >= 0.6 is 0 Å². The van der Waals surface area contributed by atoms with E-state index in [1.54, 1.807) is 0 Å². The predicted octanol–water partition coefficient (Wildman–Crippen LogP) is -0.0232. The maximum atomic E-state index is 12.5. The van der Waals surface area contributed by atoms with Crippen molar-refractivity contribution in [2.24, 2.45) is 0 Å². The lowest BCUT2D eigenvalue weighted by Crippen LogP contribution is -2.57. The lowest BCUT2D eigenvalue weighted by atomic mass is 10.1. The third-order valence-electron chi connectivity index (χ3n) is 5.10. The molecule has 3 fully saturated rings. The van der Waals surface area contributed by atoms with Gasteiger partial charge in [0.15, 0.2) is 0 Å². The van der Waals surface area contributed by atoms with Gasteiger partial charge in [-0.05, 0) is 39.3 Å². The minimum atomic E-state index is 0.326. The average Bonchev–Trinajstić information content (AvgIpc) is 2.72. The molecule has 5 nitrogen and oxygen atoms in total. The number of rotatable bonds is 2. The highest BCUT2D eigenvalue weighted by atomic mass is 16.2. The van der Waals surface area contributed by atoms with Gasteiger partial charge in [-0.25, -0.2) is 0 Å². The topological polar surface area (TPSA) is 38.8 Å². The van der Waals surface area contributed by atoms with E-state index in [4.69, 9.17) is 0 Å². The molecular weight excluding hydrogens is 252 g/mol. The molecule has 0 aromatic carbocycles. The molecule has 20 heavy (non-hydrogen) atoms. The molecule has 0 aromatic rings. The Hall–Kier alpha value is -0.650. The van der Waals surface area contributed by atoms with Gasteiger partial charge in [0.05, 0.1) is 6.54 Å². The molecule has 3 aliphatic rings. The third kappa shape index (κ3) is 3.15. The van der Waals surface area contributed by atoms with Gasteiger partial charge in [0.25, 0.3) is 0 Å². The fourth-order valence-corrected chi connectivity index (χ4v) is 3.84. The van der Waals surface area contributed by atoms with Gasteiger partial charge < -0.3 is 10.2 Å². The van der Waals surface area contributed by atoms with Crippen molar-refractivity contribution in [3.05, 3.63) is 0 Å². The summed E-state index contributed by atoms with van der Waals surface area (Å²) < 4.78 is 0. The van der Waals surface area contributed by atoms with E-state index in [2.05, 4.69) is 22.0 Å². The van der Waals surface area contributed by atoms with Crippen LogP contribution in [-0.4, -0.2) is 85.0 Å². The summed E-state index contributed by atoms with van der Waals surface area (Å²) >= 11 is 0. The highest BCUT2D eigenvalue weighted by Crippen LogP contribution is 2.24. The van der Waals surface area contributed by atoms with Crippen LogP contribution in [-0.2, 0) is 4.79 Å². The first-order valence-electron chi connectivity index (χ1n) is 8.20. The van der Waals surface area contributed by atoms with E-state index in [1.165, 1.54) is 19.4 Å². The van der Waals surface area contributed by atoms with E-state index in [-0.39, 0.29) is 0 Å². The minimum absolute atomic E-state index is 0.326. The summed E-state index contributed by atoms with van der Waals surface area (Å²) in [5.74, 6) is 0.326. The monoisotopic (exact) mass is 280 g/mol. The first-order chi connectivity index (χ1) is 9.74. The molecule has 0 saturated carbocycles. The van der Waals surface area contributed by atoms with Gasteiger partial charge in [0.1, 0.15) is 0 Å². The fraction of sp³-hybridized carbons (Fsp3) is 0.933. The number of hydrogen-bond donors (Lipinski definition) is 1. The van der Waals surface area contributed by atoms with Crippen LogP contribution in [0.5, 0.6) is 0 Å². The maximum absolute atomic E-state index is 12.5. The molecular formula is C15H28N4O. The van der Waals surface area contributed by atoms with Crippen LogP contribution in [0, 0.1) is 0 Å². The van der Waals surface area contributed by atoms with Gasteiger partial charge in [-0.15, -0.1) is 0 Å². The van der Waals surface area contributed by atoms with E-state index in [1.807, 2.05) is 4.90 Å². The van der Waals surface area contributed by atoms with E-state index in [0.29, 0.717) is 24.5 Å². The van der Waals surface area contributed by atoms with Gasteiger partial charge >= 0.3 is 0 Å². The number of carbonyl (C=O) groups excluding carboxylic acids is 1. The molecule has 0 aromatic heterocycles. The summed E-state index contributed by atoms with van der Waals surface area (Å²) in [5, 5.41) is 3.36.